The molecule has 0 aliphatic carbocycles. The van der Waals surface area contributed by atoms with Gasteiger partial charge in [-0.05, 0) is 48.0 Å². The Labute approximate surface area is 105 Å². The lowest BCUT2D eigenvalue weighted by Gasteiger charge is -1.97. The fraction of sp³-hybridized carbons (Fsp3) is 0. The quantitative estimate of drug-likeness (QED) is 0.492. The summed E-state index contributed by atoms with van der Waals surface area (Å²) in [6, 6.07) is 13.5. The summed E-state index contributed by atoms with van der Waals surface area (Å²) < 4.78 is 0. The molecule has 0 amide bonds. The van der Waals surface area contributed by atoms with E-state index in [0.717, 1.165) is 5.56 Å². The second-order valence-corrected chi connectivity index (χ2v) is 3.91. The molecule has 0 aliphatic rings. The summed E-state index contributed by atoms with van der Waals surface area (Å²) in [5, 5.41) is 9.29. The van der Waals surface area contributed by atoms with Gasteiger partial charge in [-0.2, -0.15) is 0 Å². The number of phenols is 1. The molecule has 0 fully saturated rings. The highest BCUT2D eigenvalue weighted by molar-refractivity contribution is 6.06. The average molecular weight is 239 g/mol. The molecule has 0 heterocycles. The minimum atomic E-state index is -0.0988. The van der Waals surface area contributed by atoms with Crippen LogP contribution in [0.15, 0.2) is 54.6 Å². The molecule has 3 N–H and O–H groups in total. The van der Waals surface area contributed by atoms with E-state index >= 15 is 0 Å². The number of ketones is 1. The van der Waals surface area contributed by atoms with E-state index in [1.165, 1.54) is 6.08 Å². The molecular weight excluding hydrogens is 226 g/mol. The molecule has 90 valence electrons. The molecule has 3 heteroatoms. The highest BCUT2D eigenvalue weighted by atomic mass is 16.3. The molecule has 0 saturated heterocycles. The van der Waals surface area contributed by atoms with Crippen molar-refractivity contribution in [1.29, 1.82) is 0 Å². The predicted molar refractivity (Wildman–Crippen MR) is 72.3 cm³/mol. The van der Waals surface area contributed by atoms with Crippen LogP contribution in [0.2, 0.25) is 0 Å². The standard InChI is InChI=1S/C15H13NO2/c16-13-7-5-12(6-8-13)15(18)9-4-11-2-1-3-14(17)10-11/h1-10,17H,16H2. The summed E-state index contributed by atoms with van der Waals surface area (Å²) in [4.78, 5) is 11.8. The molecule has 2 aromatic carbocycles. The van der Waals surface area contributed by atoms with Gasteiger partial charge in [-0.25, -0.2) is 0 Å². The van der Waals surface area contributed by atoms with E-state index in [4.69, 9.17) is 5.73 Å². The lowest BCUT2D eigenvalue weighted by molar-refractivity contribution is 0.104. The van der Waals surface area contributed by atoms with Crippen LogP contribution in [-0.2, 0) is 0 Å². The Morgan fingerprint density at radius 3 is 2.50 bits per heavy atom. The minimum absolute atomic E-state index is 0.0988. The second-order valence-electron chi connectivity index (χ2n) is 3.91. The zero-order valence-corrected chi connectivity index (χ0v) is 9.71. The van der Waals surface area contributed by atoms with Crippen molar-refractivity contribution in [3.63, 3.8) is 0 Å². The number of phenolic OH excluding ortho intramolecular Hbond substituents is 1. The van der Waals surface area contributed by atoms with Crippen molar-refractivity contribution >= 4 is 17.5 Å². The fourth-order valence-corrected chi connectivity index (χ4v) is 1.54. The smallest absolute Gasteiger partial charge is 0.185 e. The zero-order chi connectivity index (χ0) is 13.0. The molecule has 0 saturated carbocycles. The molecule has 0 bridgehead atoms. The van der Waals surface area contributed by atoms with Crippen LogP contribution in [0.5, 0.6) is 5.75 Å². The van der Waals surface area contributed by atoms with Gasteiger partial charge in [0.25, 0.3) is 0 Å². The van der Waals surface area contributed by atoms with E-state index in [1.807, 2.05) is 6.07 Å². The van der Waals surface area contributed by atoms with E-state index in [0.29, 0.717) is 11.3 Å². The Hall–Kier alpha value is -2.55. The molecule has 0 spiro atoms. The number of rotatable bonds is 3. The number of aromatic hydroxyl groups is 1. The van der Waals surface area contributed by atoms with Crippen LogP contribution >= 0.6 is 0 Å². The van der Waals surface area contributed by atoms with E-state index < -0.39 is 0 Å². The number of hydrogen-bond donors (Lipinski definition) is 2. The Balaban J connectivity index is 2.14. The number of allylic oxidation sites excluding steroid dienone is 1. The van der Waals surface area contributed by atoms with Crippen LogP contribution in [-0.4, -0.2) is 10.9 Å². The van der Waals surface area contributed by atoms with Gasteiger partial charge in [-0.1, -0.05) is 18.2 Å². The van der Waals surface area contributed by atoms with Gasteiger partial charge in [0.15, 0.2) is 5.78 Å². The predicted octanol–water partition coefficient (Wildman–Crippen LogP) is 2.87. The maximum atomic E-state index is 11.8. The Kier molecular flexibility index (Phi) is 3.44. The molecule has 2 aromatic rings. The highest BCUT2D eigenvalue weighted by Gasteiger charge is 2.00. The topological polar surface area (TPSA) is 63.3 Å². The molecule has 2 rings (SSSR count). The average Bonchev–Trinajstić information content (AvgIpc) is 2.37. The summed E-state index contributed by atoms with van der Waals surface area (Å²) in [7, 11) is 0. The highest BCUT2D eigenvalue weighted by Crippen LogP contribution is 2.13. The SMILES string of the molecule is Nc1ccc(C(=O)C=Cc2cccc(O)c2)cc1. The van der Waals surface area contributed by atoms with Crippen LogP contribution in [0, 0.1) is 0 Å². The molecule has 0 unspecified atom stereocenters. The first kappa shape index (κ1) is 11.9. The molecular formula is C15H13NO2. The van der Waals surface area contributed by atoms with Gasteiger partial charge in [0.1, 0.15) is 5.75 Å². The van der Waals surface area contributed by atoms with Crippen molar-refractivity contribution in [3.8, 4) is 5.75 Å². The van der Waals surface area contributed by atoms with Crippen LogP contribution in [0.1, 0.15) is 15.9 Å². The van der Waals surface area contributed by atoms with Crippen LogP contribution in [0.25, 0.3) is 6.08 Å². The van der Waals surface area contributed by atoms with Gasteiger partial charge in [0.2, 0.25) is 0 Å². The number of carbonyl (C=O) groups excluding carboxylic acids is 1. The Morgan fingerprint density at radius 2 is 1.83 bits per heavy atom. The molecule has 18 heavy (non-hydrogen) atoms. The third-order valence-electron chi connectivity index (χ3n) is 2.49. The van der Waals surface area contributed by atoms with E-state index in [9.17, 15) is 9.90 Å². The molecule has 3 nitrogen and oxygen atoms in total. The van der Waals surface area contributed by atoms with Gasteiger partial charge < -0.3 is 10.8 Å². The largest absolute Gasteiger partial charge is 0.508 e. The van der Waals surface area contributed by atoms with Crippen molar-refractivity contribution in [2.24, 2.45) is 0 Å². The third kappa shape index (κ3) is 2.98. The lowest BCUT2D eigenvalue weighted by Crippen LogP contribution is -1.94. The number of anilines is 1. The number of hydrogen-bond acceptors (Lipinski definition) is 3. The van der Waals surface area contributed by atoms with Crippen molar-refractivity contribution in [2.45, 2.75) is 0 Å². The lowest BCUT2D eigenvalue weighted by atomic mass is 10.1. The Morgan fingerprint density at radius 1 is 1.11 bits per heavy atom. The first-order valence-electron chi connectivity index (χ1n) is 5.52. The summed E-state index contributed by atoms with van der Waals surface area (Å²) in [5.41, 5.74) is 7.54. The van der Waals surface area contributed by atoms with Crippen molar-refractivity contribution in [3.05, 3.63) is 65.7 Å². The van der Waals surface area contributed by atoms with E-state index in [1.54, 1.807) is 48.5 Å². The van der Waals surface area contributed by atoms with Gasteiger partial charge in [0, 0.05) is 11.3 Å². The van der Waals surface area contributed by atoms with Gasteiger partial charge >= 0.3 is 0 Å². The fourth-order valence-electron chi connectivity index (χ4n) is 1.54. The molecule has 0 aliphatic heterocycles. The third-order valence-corrected chi connectivity index (χ3v) is 2.49. The Bertz CT molecular complexity index is 586. The minimum Gasteiger partial charge on any atom is -0.508 e. The summed E-state index contributed by atoms with van der Waals surface area (Å²) in [5.74, 6) is 0.0791. The van der Waals surface area contributed by atoms with Crippen LogP contribution in [0.4, 0.5) is 5.69 Å². The number of nitrogen functional groups attached to an aromatic ring is 1. The molecule has 0 atom stereocenters. The maximum Gasteiger partial charge on any atom is 0.185 e. The monoisotopic (exact) mass is 239 g/mol. The summed E-state index contributed by atoms with van der Waals surface area (Å²) in [6.45, 7) is 0. The molecule has 0 radical (unpaired) electrons. The normalized spacial score (nSPS) is 10.7. The molecule has 0 aromatic heterocycles. The van der Waals surface area contributed by atoms with Gasteiger partial charge in [-0.15, -0.1) is 0 Å². The first-order valence-corrected chi connectivity index (χ1v) is 5.52. The number of nitrogens with two attached hydrogens (primary N) is 1. The van der Waals surface area contributed by atoms with Crippen LogP contribution < -0.4 is 5.73 Å². The number of benzene rings is 2. The maximum absolute atomic E-state index is 11.8. The van der Waals surface area contributed by atoms with E-state index in [-0.39, 0.29) is 11.5 Å². The van der Waals surface area contributed by atoms with E-state index in [2.05, 4.69) is 0 Å². The summed E-state index contributed by atoms with van der Waals surface area (Å²) >= 11 is 0. The van der Waals surface area contributed by atoms with Crippen molar-refractivity contribution in [2.75, 3.05) is 5.73 Å². The van der Waals surface area contributed by atoms with Crippen LogP contribution in [0.3, 0.4) is 0 Å². The second kappa shape index (κ2) is 5.19. The van der Waals surface area contributed by atoms with Crippen molar-refractivity contribution in [1.82, 2.24) is 0 Å². The zero-order valence-electron chi connectivity index (χ0n) is 9.71. The summed E-state index contributed by atoms with van der Waals surface area (Å²) in [6.07, 6.45) is 3.14. The van der Waals surface area contributed by atoms with Gasteiger partial charge in [-0.3, -0.25) is 4.79 Å². The number of carbonyl (C=O) groups is 1. The first-order chi connectivity index (χ1) is 8.65. The van der Waals surface area contributed by atoms with Crippen molar-refractivity contribution < 1.29 is 9.90 Å². The van der Waals surface area contributed by atoms with Gasteiger partial charge in [0.05, 0.1) is 0 Å².